The lowest BCUT2D eigenvalue weighted by molar-refractivity contribution is -0.130. The molecule has 0 saturated heterocycles. The number of carbonyl (C=O) groups is 1. The van der Waals surface area contributed by atoms with Crippen LogP contribution in [0.15, 0.2) is 50.1 Å². The second kappa shape index (κ2) is 5.67. The molecule has 0 amide bonds. The minimum Gasteiger partial charge on any atom is -0.444 e. The quantitative estimate of drug-likeness (QED) is 0.555. The Hall–Kier alpha value is -1.56. The molecule has 1 aromatic heterocycles. The molecule has 2 aromatic rings. The van der Waals surface area contributed by atoms with E-state index < -0.39 is 5.97 Å². The molecule has 1 aliphatic rings. The molecule has 0 fully saturated rings. The van der Waals surface area contributed by atoms with Crippen molar-refractivity contribution in [2.45, 2.75) is 0 Å². The molecule has 0 N–H and O–H groups in total. The summed E-state index contributed by atoms with van der Waals surface area (Å²) in [5.74, 6) is -0.112. The van der Waals surface area contributed by atoms with Crippen LogP contribution in [0.4, 0.5) is 0 Å². The molecule has 7 heteroatoms. The van der Waals surface area contributed by atoms with Crippen LogP contribution in [0.2, 0.25) is 10.0 Å². The molecule has 3 rings (SSSR count). The van der Waals surface area contributed by atoms with E-state index in [2.05, 4.69) is 20.9 Å². The molecule has 0 bridgehead atoms. The minimum atomic E-state index is -0.575. The average molecular weight is 387 g/mol. The van der Waals surface area contributed by atoms with Crippen LogP contribution in [-0.4, -0.2) is 11.9 Å². The van der Waals surface area contributed by atoms with Gasteiger partial charge in [-0.3, -0.25) is 0 Å². The van der Waals surface area contributed by atoms with Gasteiger partial charge in [0, 0.05) is 0 Å². The normalized spacial score (nSPS) is 16.2. The summed E-state index contributed by atoms with van der Waals surface area (Å²) in [4.78, 5) is 15.9. The highest BCUT2D eigenvalue weighted by Gasteiger charge is 2.26. The van der Waals surface area contributed by atoms with E-state index in [9.17, 15) is 4.79 Å². The van der Waals surface area contributed by atoms with Crippen molar-refractivity contribution in [2.24, 2.45) is 4.99 Å². The Bertz CT molecular complexity index is 795. The molecule has 1 aromatic carbocycles. The van der Waals surface area contributed by atoms with Gasteiger partial charge in [0.2, 0.25) is 0 Å². The molecule has 0 aliphatic carbocycles. The number of rotatable bonds is 2. The van der Waals surface area contributed by atoms with E-state index in [1.807, 2.05) is 0 Å². The van der Waals surface area contributed by atoms with E-state index in [0.717, 1.165) is 0 Å². The van der Waals surface area contributed by atoms with Crippen molar-refractivity contribution in [1.82, 2.24) is 0 Å². The lowest BCUT2D eigenvalue weighted by atomic mass is 10.2. The van der Waals surface area contributed by atoms with E-state index in [1.54, 1.807) is 30.3 Å². The van der Waals surface area contributed by atoms with Crippen molar-refractivity contribution in [2.75, 3.05) is 0 Å². The first-order valence-electron chi connectivity index (χ1n) is 5.77. The summed E-state index contributed by atoms with van der Waals surface area (Å²) in [7, 11) is 0. The molecule has 4 nitrogen and oxygen atoms in total. The van der Waals surface area contributed by atoms with Crippen molar-refractivity contribution in [3.05, 3.63) is 62.1 Å². The third-order valence-corrected chi connectivity index (χ3v) is 3.94. The Morgan fingerprint density at radius 3 is 2.71 bits per heavy atom. The van der Waals surface area contributed by atoms with Gasteiger partial charge in [-0.25, -0.2) is 9.79 Å². The molecule has 2 heterocycles. The first-order chi connectivity index (χ1) is 10.0. The summed E-state index contributed by atoms with van der Waals surface area (Å²) in [5.41, 5.74) is 0.712. The van der Waals surface area contributed by atoms with Gasteiger partial charge in [-0.15, -0.1) is 0 Å². The van der Waals surface area contributed by atoms with Crippen LogP contribution in [0.3, 0.4) is 0 Å². The zero-order valence-corrected chi connectivity index (χ0v) is 13.4. The van der Waals surface area contributed by atoms with E-state index in [1.165, 1.54) is 6.08 Å². The number of nitrogens with zero attached hydrogens (tertiary/aromatic N) is 1. The number of hydrogen-bond donors (Lipinski definition) is 0. The number of ether oxygens (including phenoxy) is 1. The van der Waals surface area contributed by atoms with Gasteiger partial charge in [-0.2, -0.15) is 0 Å². The van der Waals surface area contributed by atoms with Crippen molar-refractivity contribution in [1.29, 1.82) is 0 Å². The van der Waals surface area contributed by atoms with Crippen molar-refractivity contribution in [3.63, 3.8) is 0 Å². The highest BCUT2D eigenvalue weighted by Crippen LogP contribution is 2.29. The predicted molar refractivity (Wildman–Crippen MR) is 83.5 cm³/mol. The van der Waals surface area contributed by atoms with Gasteiger partial charge in [-0.05, 0) is 45.8 Å². The smallest absolute Gasteiger partial charge is 0.363 e. The molecule has 0 radical (unpaired) electrons. The van der Waals surface area contributed by atoms with Crippen LogP contribution < -0.4 is 0 Å². The monoisotopic (exact) mass is 385 g/mol. The van der Waals surface area contributed by atoms with Crippen molar-refractivity contribution in [3.8, 4) is 0 Å². The first-order valence-corrected chi connectivity index (χ1v) is 7.32. The highest BCUT2D eigenvalue weighted by molar-refractivity contribution is 9.10. The van der Waals surface area contributed by atoms with Crippen LogP contribution in [0.1, 0.15) is 11.3 Å². The standard InChI is InChI=1S/C14H6BrCl2NO3/c15-11-5-4-10(20-11)13-18-9(14(19)21-13)6-7-2-1-3-8(16)12(7)17/h1-6H/b9-6-. The summed E-state index contributed by atoms with van der Waals surface area (Å²) in [6.45, 7) is 0. The average Bonchev–Trinajstić information content (AvgIpc) is 3.02. The Kier molecular flexibility index (Phi) is 3.89. The van der Waals surface area contributed by atoms with Crippen molar-refractivity contribution >= 4 is 57.1 Å². The Labute approximate surface area is 138 Å². The number of carbonyl (C=O) groups excluding carboxylic acids is 1. The molecule has 0 spiro atoms. The van der Waals surface area contributed by atoms with E-state index in [-0.39, 0.29) is 11.6 Å². The summed E-state index contributed by atoms with van der Waals surface area (Å²) in [6, 6.07) is 8.45. The maximum atomic E-state index is 11.8. The van der Waals surface area contributed by atoms with Gasteiger partial charge < -0.3 is 9.15 Å². The Balaban J connectivity index is 1.98. The molecule has 21 heavy (non-hydrogen) atoms. The van der Waals surface area contributed by atoms with E-state index in [0.29, 0.717) is 26.0 Å². The van der Waals surface area contributed by atoms with Gasteiger partial charge in [0.25, 0.3) is 5.90 Å². The zero-order chi connectivity index (χ0) is 15.0. The zero-order valence-electron chi connectivity index (χ0n) is 10.3. The predicted octanol–water partition coefficient (Wildman–Crippen LogP) is 4.69. The first kappa shape index (κ1) is 14.4. The molecule has 0 saturated carbocycles. The molecule has 106 valence electrons. The SMILES string of the molecule is O=C1OC(c2ccc(Br)o2)=N/C1=C\c1cccc(Cl)c1Cl. The molecule has 0 unspecified atom stereocenters. The second-order valence-electron chi connectivity index (χ2n) is 4.08. The second-order valence-corrected chi connectivity index (χ2v) is 5.65. The van der Waals surface area contributed by atoms with Crippen LogP contribution in [-0.2, 0) is 9.53 Å². The van der Waals surface area contributed by atoms with Crippen LogP contribution in [0.25, 0.3) is 6.08 Å². The Morgan fingerprint density at radius 2 is 2.00 bits per heavy atom. The van der Waals surface area contributed by atoms with Crippen LogP contribution in [0.5, 0.6) is 0 Å². The van der Waals surface area contributed by atoms with Gasteiger partial charge in [-0.1, -0.05) is 35.3 Å². The summed E-state index contributed by atoms with van der Waals surface area (Å²) in [6.07, 6.45) is 1.52. The maximum Gasteiger partial charge on any atom is 0.363 e. The lowest BCUT2D eigenvalue weighted by Gasteiger charge is -1.99. The molecular formula is C14H6BrCl2NO3. The lowest BCUT2D eigenvalue weighted by Crippen LogP contribution is -2.04. The number of aliphatic imine (C=N–C) groups is 1. The van der Waals surface area contributed by atoms with Crippen LogP contribution in [0, 0.1) is 0 Å². The van der Waals surface area contributed by atoms with Crippen molar-refractivity contribution < 1.29 is 13.9 Å². The molecule has 1 aliphatic heterocycles. The summed E-state index contributed by atoms with van der Waals surface area (Å²) in [5, 5.41) is 0.750. The summed E-state index contributed by atoms with van der Waals surface area (Å²) < 4.78 is 10.9. The number of hydrogen-bond acceptors (Lipinski definition) is 4. The number of cyclic esters (lactones) is 1. The number of furan rings is 1. The molecule has 0 atom stereocenters. The Morgan fingerprint density at radius 1 is 1.19 bits per heavy atom. The van der Waals surface area contributed by atoms with Crippen LogP contribution >= 0.6 is 39.1 Å². The van der Waals surface area contributed by atoms with E-state index >= 15 is 0 Å². The number of benzene rings is 1. The number of halogens is 3. The third-order valence-electron chi connectivity index (χ3n) is 2.68. The topological polar surface area (TPSA) is 51.8 Å². The molecular weight excluding hydrogens is 381 g/mol. The van der Waals surface area contributed by atoms with Gasteiger partial charge >= 0.3 is 5.97 Å². The van der Waals surface area contributed by atoms with Gasteiger partial charge in [0.05, 0.1) is 10.0 Å². The fourth-order valence-corrected chi connectivity index (χ4v) is 2.39. The fourth-order valence-electron chi connectivity index (χ4n) is 1.72. The maximum absolute atomic E-state index is 11.8. The highest BCUT2D eigenvalue weighted by atomic mass is 79.9. The number of esters is 1. The fraction of sp³-hybridized carbons (Fsp3) is 0. The van der Waals surface area contributed by atoms with Gasteiger partial charge in [0.15, 0.2) is 16.1 Å². The third kappa shape index (κ3) is 2.90. The van der Waals surface area contributed by atoms with Gasteiger partial charge in [0.1, 0.15) is 0 Å². The minimum absolute atomic E-state index is 0.107. The largest absolute Gasteiger partial charge is 0.444 e. The summed E-state index contributed by atoms with van der Waals surface area (Å²) >= 11 is 15.2. The van der Waals surface area contributed by atoms with E-state index in [4.69, 9.17) is 32.4 Å².